The van der Waals surface area contributed by atoms with E-state index >= 15 is 0 Å². The first-order valence-corrected chi connectivity index (χ1v) is 13.7. The summed E-state index contributed by atoms with van der Waals surface area (Å²) in [6, 6.07) is 11.3. The molecule has 1 aromatic heterocycles. The van der Waals surface area contributed by atoms with Gasteiger partial charge in [-0.2, -0.15) is 0 Å². The quantitative estimate of drug-likeness (QED) is 0.442. The number of aromatic nitrogens is 2. The van der Waals surface area contributed by atoms with Gasteiger partial charge in [-0.05, 0) is 69.5 Å². The number of benzene rings is 2. The molecular formula is C29H31F2N5O4. The Morgan fingerprint density at radius 3 is 2.60 bits per heavy atom. The standard InChI is InChI=1S/C29H31F2N5O4/c30-29(31)39-23-14-13-22-25(26(23)40-29)36(28(32-22)33-27(38)20-9-2-1-3-10-20)21-11-4-5-18-35(19-21)24(37)12-8-17-34-15-6-7-16-34/h1-3,8-10,12-14,21H,4-7,11,15-19H2,(H,32,33,38)/b12-8+. The lowest BCUT2D eigenvalue weighted by atomic mass is 10.1. The lowest BCUT2D eigenvalue weighted by molar-refractivity contribution is -0.286. The van der Waals surface area contributed by atoms with E-state index < -0.39 is 6.29 Å². The molecule has 3 aliphatic heterocycles. The summed E-state index contributed by atoms with van der Waals surface area (Å²) in [5.74, 6) is -0.529. The van der Waals surface area contributed by atoms with Crippen molar-refractivity contribution < 1.29 is 27.8 Å². The molecule has 9 nitrogen and oxygen atoms in total. The summed E-state index contributed by atoms with van der Waals surface area (Å²) in [6.07, 6.45) is 4.35. The fourth-order valence-electron chi connectivity index (χ4n) is 5.70. The Bertz CT molecular complexity index is 1440. The molecule has 0 aliphatic carbocycles. The monoisotopic (exact) mass is 551 g/mol. The molecule has 3 aromatic rings. The molecule has 0 radical (unpaired) electrons. The van der Waals surface area contributed by atoms with Crippen molar-refractivity contribution >= 4 is 28.8 Å². The van der Waals surface area contributed by atoms with Crippen LogP contribution < -0.4 is 14.8 Å². The Hall–Kier alpha value is -3.99. The predicted molar refractivity (Wildman–Crippen MR) is 145 cm³/mol. The fraction of sp³-hybridized carbons (Fsp3) is 0.414. The van der Waals surface area contributed by atoms with E-state index in [-0.39, 0.29) is 35.3 Å². The highest BCUT2D eigenvalue weighted by Crippen LogP contribution is 2.47. The van der Waals surface area contributed by atoms with Gasteiger partial charge in [0.2, 0.25) is 11.9 Å². The van der Waals surface area contributed by atoms with Crippen molar-refractivity contribution in [2.45, 2.75) is 44.4 Å². The van der Waals surface area contributed by atoms with E-state index in [4.69, 9.17) is 9.47 Å². The van der Waals surface area contributed by atoms with E-state index in [9.17, 15) is 18.4 Å². The molecule has 1 unspecified atom stereocenters. The molecule has 2 aromatic carbocycles. The number of nitrogens with zero attached hydrogens (tertiary/aromatic N) is 4. The summed E-state index contributed by atoms with van der Waals surface area (Å²) in [5.41, 5.74) is 1.09. The third-order valence-corrected chi connectivity index (χ3v) is 7.63. The number of carbonyl (C=O) groups is 2. The summed E-state index contributed by atoms with van der Waals surface area (Å²) in [4.78, 5) is 35.0. The second-order valence-electron chi connectivity index (χ2n) is 10.4. The average molecular weight is 552 g/mol. The molecule has 0 saturated carbocycles. The largest absolute Gasteiger partial charge is 0.586 e. The number of nitrogens with one attached hydrogen (secondary N) is 1. The maximum atomic E-state index is 14.1. The summed E-state index contributed by atoms with van der Waals surface area (Å²) in [5, 5.41) is 2.86. The van der Waals surface area contributed by atoms with Crippen molar-refractivity contribution in [2.24, 2.45) is 0 Å². The minimum atomic E-state index is -3.81. The molecule has 11 heteroatoms. The van der Waals surface area contributed by atoms with Gasteiger partial charge >= 0.3 is 6.29 Å². The number of rotatable bonds is 6. The lowest BCUT2D eigenvalue weighted by Gasteiger charge is -2.26. The smallest absolute Gasteiger partial charge is 0.395 e. The Morgan fingerprint density at radius 1 is 1.02 bits per heavy atom. The Morgan fingerprint density at radius 2 is 1.80 bits per heavy atom. The second kappa shape index (κ2) is 10.9. The lowest BCUT2D eigenvalue weighted by Crippen LogP contribution is -2.35. The number of imidazole rings is 1. The van der Waals surface area contributed by atoms with E-state index in [1.807, 2.05) is 12.1 Å². The van der Waals surface area contributed by atoms with Crippen LogP contribution in [-0.4, -0.2) is 70.2 Å². The zero-order chi connectivity index (χ0) is 27.7. The van der Waals surface area contributed by atoms with Crippen LogP contribution in [0.3, 0.4) is 0 Å². The number of fused-ring (bicyclic) bond motifs is 3. The SMILES string of the molecule is O=C(Nc1nc2ccc3c(c2n1C1CCCCN(C(=O)/C=C/CN2CCCC2)C1)OC(F)(F)O3)c1ccccc1. The van der Waals surface area contributed by atoms with Gasteiger partial charge in [0, 0.05) is 31.3 Å². The number of carbonyl (C=O) groups excluding carboxylic acids is 2. The van der Waals surface area contributed by atoms with Gasteiger partial charge in [-0.1, -0.05) is 24.3 Å². The van der Waals surface area contributed by atoms with Crippen LogP contribution in [0.15, 0.2) is 54.6 Å². The van der Waals surface area contributed by atoms with Crippen molar-refractivity contribution in [2.75, 3.05) is 38.0 Å². The number of likely N-dealkylation sites (tertiary alicyclic amines) is 2. The molecule has 2 fully saturated rings. The molecule has 3 aliphatic rings. The van der Waals surface area contributed by atoms with Crippen LogP contribution in [0.2, 0.25) is 0 Å². The first-order chi connectivity index (χ1) is 19.4. The third kappa shape index (κ3) is 5.38. The number of alkyl halides is 2. The summed E-state index contributed by atoms with van der Waals surface area (Å²) in [7, 11) is 0. The predicted octanol–water partition coefficient (Wildman–Crippen LogP) is 4.82. The molecule has 1 atom stereocenters. The maximum absolute atomic E-state index is 14.1. The minimum Gasteiger partial charge on any atom is -0.395 e. The highest BCUT2D eigenvalue weighted by Gasteiger charge is 2.45. The zero-order valence-corrected chi connectivity index (χ0v) is 22.0. The first kappa shape index (κ1) is 26.2. The van der Waals surface area contributed by atoms with Gasteiger partial charge in [-0.15, -0.1) is 8.78 Å². The molecule has 0 spiro atoms. The van der Waals surface area contributed by atoms with Crippen LogP contribution in [-0.2, 0) is 4.79 Å². The summed E-state index contributed by atoms with van der Waals surface area (Å²) >= 11 is 0. The molecule has 40 heavy (non-hydrogen) atoms. The van der Waals surface area contributed by atoms with Crippen LogP contribution in [0.5, 0.6) is 11.5 Å². The fourth-order valence-corrected chi connectivity index (χ4v) is 5.70. The summed E-state index contributed by atoms with van der Waals surface area (Å²) < 4.78 is 39.6. The minimum absolute atomic E-state index is 0.0956. The number of hydrogen-bond donors (Lipinski definition) is 1. The Kier molecular flexibility index (Phi) is 7.14. The molecule has 1 N–H and O–H groups in total. The van der Waals surface area contributed by atoms with Crippen molar-refractivity contribution in [3.8, 4) is 11.5 Å². The number of hydrogen-bond acceptors (Lipinski definition) is 6. The van der Waals surface area contributed by atoms with Gasteiger partial charge in [-0.25, -0.2) is 4.98 Å². The van der Waals surface area contributed by atoms with Crippen molar-refractivity contribution in [1.82, 2.24) is 19.4 Å². The van der Waals surface area contributed by atoms with Gasteiger partial charge in [0.25, 0.3) is 5.91 Å². The van der Waals surface area contributed by atoms with Gasteiger partial charge in [0.05, 0.1) is 11.6 Å². The number of anilines is 1. The van der Waals surface area contributed by atoms with E-state index in [2.05, 4.69) is 15.2 Å². The number of ether oxygens (including phenoxy) is 2. The zero-order valence-electron chi connectivity index (χ0n) is 22.0. The average Bonchev–Trinajstić information content (AvgIpc) is 3.61. The highest BCUT2D eigenvalue weighted by atomic mass is 19.3. The number of amides is 2. The Labute approximate surface area is 230 Å². The van der Waals surface area contributed by atoms with Crippen molar-refractivity contribution in [1.29, 1.82) is 0 Å². The molecule has 2 saturated heterocycles. The van der Waals surface area contributed by atoms with Crippen molar-refractivity contribution in [3.63, 3.8) is 0 Å². The van der Waals surface area contributed by atoms with Crippen LogP contribution in [0.25, 0.3) is 11.0 Å². The van der Waals surface area contributed by atoms with Gasteiger partial charge in [-0.3, -0.25) is 19.8 Å². The molecule has 210 valence electrons. The van der Waals surface area contributed by atoms with E-state index in [0.717, 1.165) is 32.5 Å². The van der Waals surface area contributed by atoms with Crippen LogP contribution in [0.1, 0.15) is 48.5 Å². The highest BCUT2D eigenvalue weighted by molar-refractivity contribution is 6.04. The second-order valence-corrected chi connectivity index (χ2v) is 10.4. The summed E-state index contributed by atoms with van der Waals surface area (Å²) in [6.45, 7) is 3.74. The van der Waals surface area contributed by atoms with Gasteiger partial charge < -0.3 is 18.9 Å². The van der Waals surface area contributed by atoms with Crippen LogP contribution >= 0.6 is 0 Å². The topological polar surface area (TPSA) is 88.9 Å². The van der Waals surface area contributed by atoms with E-state index in [1.54, 1.807) is 45.9 Å². The van der Waals surface area contributed by atoms with Gasteiger partial charge in [0.1, 0.15) is 5.52 Å². The third-order valence-electron chi connectivity index (χ3n) is 7.63. The Balaban J connectivity index is 1.34. The first-order valence-electron chi connectivity index (χ1n) is 13.7. The van der Waals surface area contributed by atoms with Crippen LogP contribution in [0, 0.1) is 0 Å². The van der Waals surface area contributed by atoms with Gasteiger partial charge in [0.15, 0.2) is 11.5 Å². The number of halogens is 2. The normalized spacial score (nSPS) is 20.8. The van der Waals surface area contributed by atoms with E-state index in [1.165, 1.54) is 18.9 Å². The van der Waals surface area contributed by atoms with Crippen LogP contribution in [0.4, 0.5) is 14.7 Å². The molecular weight excluding hydrogens is 520 g/mol. The maximum Gasteiger partial charge on any atom is 0.586 e. The molecule has 0 bridgehead atoms. The van der Waals surface area contributed by atoms with E-state index in [0.29, 0.717) is 36.1 Å². The molecule has 6 rings (SSSR count). The van der Waals surface area contributed by atoms with Crippen molar-refractivity contribution in [3.05, 3.63) is 60.2 Å². The molecule has 4 heterocycles. The molecule has 2 amide bonds.